The van der Waals surface area contributed by atoms with Crippen LogP contribution in [0.25, 0.3) is 0 Å². The number of nitrogens with two attached hydrogens (primary N) is 1. The van der Waals surface area contributed by atoms with Crippen LogP contribution in [0.1, 0.15) is 13.3 Å². The van der Waals surface area contributed by atoms with E-state index in [0.29, 0.717) is 6.04 Å². The summed E-state index contributed by atoms with van der Waals surface area (Å²) < 4.78 is 0. The summed E-state index contributed by atoms with van der Waals surface area (Å²) in [5.74, 6) is 3.45. The lowest BCUT2D eigenvalue weighted by atomic mass is 9.99. The predicted octanol–water partition coefficient (Wildman–Crippen LogP) is 0.676. The molecule has 1 aliphatic heterocycles. The number of likely N-dealkylation sites (N-methyl/N-ethyl adjacent to an activating group) is 1. The molecule has 11 heavy (non-hydrogen) atoms. The van der Waals surface area contributed by atoms with Gasteiger partial charge in [-0.1, -0.05) is 6.92 Å². The molecule has 0 spiro atoms. The maximum Gasteiger partial charge on any atom is 0.0226 e. The van der Waals surface area contributed by atoms with E-state index in [4.69, 9.17) is 5.73 Å². The van der Waals surface area contributed by atoms with Crippen molar-refractivity contribution in [3.8, 4) is 0 Å². The summed E-state index contributed by atoms with van der Waals surface area (Å²) in [7, 11) is 0. The quantitative estimate of drug-likeness (QED) is 0.658. The molecule has 1 fully saturated rings. The molecule has 1 heterocycles. The van der Waals surface area contributed by atoms with Crippen molar-refractivity contribution in [3.05, 3.63) is 0 Å². The van der Waals surface area contributed by atoms with Crippen LogP contribution in [0.5, 0.6) is 0 Å². The van der Waals surface area contributed by atoms with Gasteiger partial charge in [0.25, 0.3) is 0 Å². The van der Waals surface area contributed by atoms with Gasteiger partial charge in [-0.05, 0) is 30.4 Å². The van der Waals surface area contributed by atoms with Crippen LogP contribution in [-0.2, 0) is 0 Å². The van der Waals surface area contributed by atoms with Gasteiger partial charge in [-0.2, -0.15) is 11.8 Å². The fraction of sp³-hybridized carbons (Fsp3) is 1.00. The summed E-state index contributed by atoms with van der Waals surface area (Å²) >= 11 is 2.06. The van der Waals surface area contributed by atoms with Gasteiger partial charge in [-0.25, -0.2) is 0 Å². The van der Waals surface area contributed by atoms with Gasteiger partial charge in [0.05, 0.1) is 0 Å². The van der Waals surface area contributed by atoms with Crippen LogP contribution in [0, 0.1) is 5.92 Å². The molecule has 0 bridgehead atoms. The maximum absolute atomic E-state index is 5.67. The van der Waals surface area contributed by atoms with E-state index in [-0.39, 0.29) is 0 Å². The van der Waals surface area contributed by atoms with Crippen LogP contribution in [0.15, 0.2) is 0 Å². The van der Waals surface area contributed by atoms with Gasteiger partial charge in [0.1, 0.15) is 0 Å². The number of hydrogen-bond donors (Lipinski definition) is 2. The second-order valence-corrected chi connectivity index (χ2v) is 4.17. The van der Waals surface area contributed by atoms with Gasteiger partial charge in [0.2, 0.25) is 0 Å². The molecule has 1 rings (SSSR count). The third kappa shape index (κ3) is 2.65. The second-order valence-electron chi connectivity index (χ2n) is 3.02. The van der Waals surface area contributed by atoms with Crippen molar-refractivity contribution in [1.82, 2.24) is 5.32 Å². The average molecular weight is 174 g/mol. The van der Waals surface area contributed by atoms with Gasteiger partial charge < -0.3 is 11.1 Å². The first kappa shape index (κ1) is 9.36. The van der Waals surface area contributed by atoms with Crippen LogP contribution in [0.2, 0.25) is 0 Å². The van der Waals surface area contributed by atoms with Gasteiger partial charge in [-0.15, -0.1) is 0 Å². The van der Waals surface area contributed by atoms with Crippen LogP contribution < -0.4 is 11.1 Å². The molecule has 0 saturated carbocycles. The van der Waals surface area contributed by atoms with E-state index in [9.17, 15) is 0 Å². The zero-order valence-electron chi connectivity index (χ0n) is 7.18. The van der Waals surface area contributed by atoms with Crippen LogP contribution in [-0.4, -0.2) is 30.6 Å². The monoisotopic (exact) mass is 174 g/mol. The number of rotatable bonds is 4. The fourth-order valence-electron chi connectivity index (χ4n) is 1.57. The Morgan fingerprint density at radius 3 is 3.00 bits per heavy atom. The summed E-state index contributed by atoms with van der Waals surface area (Å²) in [6.45, 7) is 3.98. The second kappa shape index (κ2) is 5.01. The molecule has 2 unspecified atom stereocenters. The highest BCUT2D eigenvalue weighted by Crippen LogP contribution is 2.25. The lowest BCUT2D eigenvalue weighted by molar-refractivity contribution is 0.396. The highest BCUT2D eigenvalue weighted by atomic mass is 32.2. The van der Waals surface area contributed by atoms with E-state index in [0.717, 1.165) is 19.0 Å². The van der Waals surface area contributed by atoms with Crippen LogP contribution >= 0.6 is 11.8 Å². The SMILES string of the molecule is CCNC(CN)C1CCSC1. The molecular formula is C8H18N2S. The van der Waals surface area contributed by atoms with E-state index in [1.165, 1.54) is 17.9 Å². The third-order valence-electron chi connectivity index (χ3n) is 2.25. The molecule has 0 amide bonds. The summed E-state index contributed by atoms with van der Waals surface area (Å²) in [4.78, 5) is 0. The number of hydrogen-bond acceptors (Lipinski definition) is 3. The first-order valence-electron chi connectivity index (χ1n) is 4.39. The van der Waals surface area contributed by atoms with Crippen molar-refractivity contribution >= 4 is 11.8 Å². The van der Waals surface area contributed by atoms with Gasteiger partial charge in [0.15, 0.2) is 0 Å². The molecule has 1 saturated heterocycles. The largest absolute Gasteiger partial charge is 0.329 e. The van der Waals surface area contributed by atoms with E-state index >= 15 is 0 Å². The van der Waals surface area contributed by atoms with Gasteiger partial charge >= 0.3 is 0 Å². The Labute approximate surface area is 73.3 Å². The molecule has 0 aliphatic carbocycles. The Kier molecular flexibility index (Phi) is 4.26. The summed E-state index contributed by atoms with van der Waals surface area (Å²) in [6.07, 6.45) is 1.35. The minimum atomic E-state index is 0.565. The average Bonchev–Trinajstić information content (AvgIpc) is 2.52. The first-order valence-corrected chi connectivity index (χ1v) is 5.55. The molecule has 2 nitrogen and oxygen atoms in total. The minimum absolute atomic E-state index is 0.565. The van der Waals surface area contributed by atoms with Gasteiger partial charge in [0, 0.05) is 12.6 Å². The summed E-state index contributed by atoms with van der Waals surface area (Å²) in [6, 6.07) is 0.565. The van der Waals surface area contributed by atoms with E-state index in [1.54, 1.807) is 0 Å². The lowest BCUT2D eigenvalue weighted by Gasteiger charge is -2.21. The summed E-state index contributed by atoms with van der Waals surface area (Å²) in [5.41, 5.74) is 5.67. The Bertz CT molecular complexity index is 102. The van der Waals surface area contributed by atoms with Crippen LogP contribution in [0.4, 0.5) is 0 Å². The van der Waals surface area contributed by atoms with Crippen molar-refractivity contribution in [3.63, 3.8) is 0 Å². The van der Waals surface area contributed by atoms with Crippen LogP contribution in [0.3, 0.4) is 0 Å². The Balaban J connectivity index is 2.27. The zero-order chi connectivity index (χ0) is 8.10. The molecule has 0 aromatic carbocycles. The Morgan fingerprint density at radius 2 is 2.55 bits per heavy atom. The summed E-state index contributed by atoms with van der Waals surface area (Å²) in [5, 5.41) is 3.44. The zero-order valence-corrected chi connectivity index (χ0v) is 7.99. The van der Waals surface area contributed by atoms with E-state index in [2.05, 4.69) is 24.0 Å². The van der Waals surface area contributed by atoms with E-state index < -0.39 is 0 Å². The molecule has 2 atom stereocenters. The highest BCUT2D eigenvalue weighted by molar-refractivity contribution is 7.99. The topological polar surface area (TPSA) is 38.0 Å². The minimum Gasteiger partial charge on any atom is -0.329 e. The maximum atomic E-state index is 5.67. The van der Waals surface area contributed by atoms with Crippen molar-refractivity contribution in [2.45, 2.75) is 19.4 Å². The third-order valence-corrected chi connectivity index (χ3v) is 3.44. The van der Waals surface area contributed by atoms with Gasteiger partial charge in [-0.3, -0.25) is 0 Å². The predicted molar refractivity (Wildman–Crippen MR) is 52.0 cm³/mol. The lowest BCUT2D eigenvalue weighted by Crippen LogP contribution is -2.42. The Morgan fingerprint density at radius 1 is 1.73 bits per heavy atom. The smallest absolute Gasteiger partial charge is 0.0226 e. The van der Waals surface area contributed by atoms with Crippen molar-refractivity contribution in [2.24, 2.45) is 11.7 Å². The molecule has 66 valence electrons. The molecule has 0 aromatic rings. The molecular weight excluding hydrogens is 156 g/mol. The van der Waals surface area contributed by atoms with Crippen molar-refractivity contribution in [2.75, 3.05) is 24.6 Å². The molecule has 1 aliphatic rings. The molecule has 3 N–H and O–H groups in total. The van der Waals surface area contributed by atoms with Crippen molar-refractivity contribution < 1.29 is 0 Å². The van der Waals surface area contributed by atoms with E-state index in [1.807, 2.05) is 0 Å². The molecule has 0 radical (unpaired) electrons. The molecule has 3 heteroatoms. The number of nitrogens with one attached hydrogen (secondary N) is 1. The fourth-order valence-corrected chi connectivity index (χ4v) is 2.91. The van der Waals surface area contributed by atoms with Crippen molar-refractivity contribution in [1.29, 1.82) is 0 Å². The first-order chi connectivity index (χ1) is 5.38. The molecule has 0 aromatic heterocycles. The highest BCUT2D eigenvalue weighted by Gasteiger charge is 2.23. The Hall–Kier alpha value is 0.270. The number of thioether (sulfide) groups is 1. The standard InChI is InChI=1S/C8H18N2S/c1-2-10-8(5-9)7-3-4-11-6-7/h7-8,10H,2-6,9H2,1H3. The normalized spacial score (nSPS) is 27.3.